The van der Waals surface area contributed by atoms with Gasteiger partial charge in [-0.3, -0.25) is 0 Å². The highest BCUT2D eigenvalue weighted by atomic mass is 79.9. The van der Waals surface area contributed by atoms with Gasteiger partial charge in [0.1, 0.15) is 12.0 Å². The van der Waals surface area contributed by atoms with Crippen molar-refractivity contribution in [3.8, 4) is 0 Å². The molecule has 88 valence electrons. The number of nitrogens with one attached hydrogen (secondary N) is 2. The number of benzene rings is 1. The van der Waals surface area contributed by atoms with Gasteiger partial charge in [0.05, 0.1) is 5.69 Å². The van der Waals surface area contributed by atoms with Crippen LogP contribution in [-0.4, -0.2) is 17.0 Å². The van der Waals surface area contributed by atoms with Crippen molar-refractivity contribution in [1.29, 1.82) is 0 Å². The third kappa shape index (κ3) is 2.47. The molecule has 2 rings (SSSR count). The monoisotopic (exact) mass is 293 g/mol. The molecule has 0 unspecified atom stereocenters. The minimum atomic E-state index is 0.491. The van der Waals surface area contributed by atoms with E-state index in [1.807, 2.05) is 24.3 Å². The van der Waals surface area contributed by atoms with Crippen molar-refractivity contribution in [3.05, 3.63) is 35.1 Å². The fourth-order valence-electron chi connectivity index (χ4n) is 1.38. The van der Waals surface area contributed by atoms with Crippen LogP contribution in [0.1, 0.15) is 0 Å². The Morgan fingerprint density at radius 1 is 1.18 bits per heavy atom. The molecule has 0 saturated heterocycles. The zero-order valence-corrected chi connectivity index (χ0v) is 10.8. The van der Waals surface area contributed by atoms with Crippen molar-refractivity contribution >= 4 is 38.9 Å². The van der Waals surface area contributed by atoms with Crippen LogP contribution in [-0.2, 0) is 0 Å². The lowest BCUT2D eigenvalue weighted by Gasteiger charge is -2.11. The minimum absolute atomic E-state index is 0.491. The van der Waals surface area contributed by atoms with Gasteiger partial charge in [0, 0.05) is 11.5 Å². The van der Waals surface area contributed by atoms with E-state index >= 15 is 0 Å². The van der Waals surface area contributed by atoms with Crippen LogP contribution in [0.2, 0.25) is 0 Å². The Balaban J connectivity index is 2.34. The molecule has 0 aliphatic rings. The number of nitrogens with zero attached hydrogens (tertiary/aromatic N) is 2. The molecule has 0 aliphatic heterocycles. The zero-order chi connectivity index (χ0) is 12.3. The third-order valence-electron chi connectivity index (χ3n) is 2.25. The summed E-state index contributed by atoms with van der Waals surface area (Å²) in [6.07, 6.45) is 1.46. The Morgan fingerprint density at radius 2 is 1.88 bits per heavy atom. The SMILES string of the molecule is CNc1ncnc(Nc2ccccc2Br)c1N. The van der Waals surface area contributed by atoms with Crippen molar-refractivity contribution in [2.75, 3.05) is 23.4 Å². The Morgan fingerprint density at radius 3 is 2.59 bits per heavy atom. The molecule has 0 amide bonds. The smallest absolute Gasteiger partial charge is 0.159 e. The molecule has 0 saturated carbocycles. The van der Waals surface area contributed by atoms with E-state index in [0.29, 0.717) is 17.3 Å². The van der Waals surface area contributed by atoms with Crippen LogP contribution in [0.15, 0.2) is 35.1 Å². The van der Waals surface area contributed by atoms with E-state index in [0.717, 1.165) is 10.2 Å². The Hall–Kier alpha value is -1.82. The van der Waals surface area contributed by atoms with Gasteiger partial charge in [-0.15, -0.1) is 0 Å². The quantitative estimate of drug-likeness (QED) is 0.811. The van der Waals surface area contributed by atoms with Crippen molar-refractivity contribution < 1.29 is 0 Å². The fourth-order valence-corrected chi connectivity index (χ4v) is 1.77. The maximum atomic E-state index is 5.93. The van der Waals surface area contributed by atoms with Crippen LogP contribution < -0.4 is 16.4 Å². The van der Waals surface area contributed by atoms with Crippen LogP contribution in [0.5, 0.6) is 0 Å². The highest BCUT2D eigenvalue weighted by molar-refractivity contribution is 9.10. The van der Waals surface area contributed by atoms with Gasteiger partial charge < -0.3 is 16.4 Å². The lowest BCUT2D eigenvalue weighted by Crippen LogP contribution is -2.05. The van der Waals surface area contributed by atoms with E-state index in [9.17, 15) is 0 Å². The maximum absolute atomic E-state index is 5.93. The molecule has 6 heteroatoms. The molecule has 2 aromatic rings. The summed E-state index contributed by atoms with van der Waals surface area (Å²) in [6, 6.07) is 7.75. The van der Waals surface area contributed by atoms with Crippen molar-refractivity contribution in [2.45, 2.75) is 0 Å². The summed E-state index contributed by atoms with van der Waals surface area (Å²) in [5.41, 5.74) is 7.32. The molecule has 0 atom stereocenters. The number of hydrogen-bond donors (Lipinski definition) is 3. The summed E-state index contributed by atoms with van der Waals surface area (Å²) < 4.78 is 0.948. The third-order valence-corrected chi connectivity index (χ3v) is 2.94. The predicted molar refractivity (Wildman–Crippen MR) is 73.4 cm³/mol. The van der Waals surface area contributed by atoms with Gasteiger partial charge in [0.2, 0.25) is 0 Å². The predicted octanol–water partition coefficient (Wildman–Crippen LogP) is 2.61. The lowest BCUT2D eigenvalue weighted by atomic mass is 10.3. The van der Waals surface area contributed by atoms with Gasteiger partial charge in [-0.2, -0.15) is 0 Å². The second kappa shape index (κ2) is 5.01. The Bertz CT molecular complexity index is 529. The molecule has 0 spiro atoms. The van der Waals surface area contributed by atoms with Gasteiger partial charge in [0.25, 0.3) is 0 Å². The zero-order valence-electron chi connectivity index (χ0n) is 9.24. The molecule has 17 heavy (non-hydrogen) atoms. The number of nitrogens with two attached hydrogens (primary N) is 1. The molecule has 0 bridgehead atoms. The van der Waals surface area contributed by atoms with Crippen LogP contribution in [0.25, 0.3) is 0 Å². The Kier molecular flexibility index (Phi) is 3.43. The van der Waals surface area contributed by atoms with Crippen molar-refractivity contribution in [1.82, 2.24) is 9.97 Å². The van der Waals surface area contributed by atoms with Crippen molar-refractivity contribution in [2.24, 2.45) is 0 Å². The highest BCUT2D eigenvalue weighted by Gasteiger charge is 2.07. The number of rotatable bonds is 3. The minimum Gasteiger partial charge on any atom is -0.393 e. The van der Waals surface area contributed by atoms with Crippen LogP contribution in [0, 0.1) is 0 Å². The first-order valence-electron chi connectivity index (χ1n) is 5.02. The summed E-state index contributed by atoms with van der Waals surface area (Å²) in [4.78, 5) is 8.14. The van der Waals surface area contributed by atoms with Gasteiger partial charge in [-0.25, -0.2) is 9.97 Å². The van der Waals surface area contributed by atoms with E-state index in [2.05, 4.69) is 36.5 Å². The summed E-state index contributed by atoms with van der Waals surface area (Å²) in [6.45, 7) is 0. The lowest BCUT2D eigenvalue weighted by molar-refractivity contribution is 1.16. The summed E-state index contributed by atoms with van der Waals surface area (Å²) >= 11 is 3.45. The van der Waals surface area contributed by atoms with E-state index in [1.54, 1.807) is 7.05 Å². The first kappa shape index (κ1) is 11.7. The topological polar surface area (TPSA) is 75.9 Å². The van der Waals surface area contributed by atoms with Crippen LogP contribution in [0.3, 0.4) is 0 Å². The van der Waals surface area contributed by atoms with E-state index in [-0.39, 0.29) is 0 Å². The van der Waals surface area contributed by atoms with Gasteiger partial charge in [0.15, 0.2) is 11.6 Å². The summed E-state index contributed by atoms with van der Waals surface area (Å²) in [7, 11) is 1.76. The number of halogens is 1. The number of hydrogen-bond acceptors (Lipinski definition) is 5. The molecule has 1 heterocycles. The number of anilines is 4. The molecule has 1 aromatic heterocycles. The summed E-state index contributed by atoms with van der Waals surface area (Å²) in [5.74, 6) is 1.19. The van der Waals surface area contributed by atoms with Crippen LogP contribution in [0.4, 0.5) is 23.0 Å². The average Bonchev–Trinajstić information content (AvgIpc) is 2.34. The Labute approximate surface area is 108 Å². The molecule has 1 aromatic carbocycles. The maximum Gasteiger partial charge on any atom is 0.159 e. The number of nitrogen functional groups attached to an aromatic ring is 1. The molecule has 4 N–H and O–H groups in total. The number of para-hydroxylation sites is 1. The second-order valence-corrected chi connectivity index (χ2v) is 4.19. The molecule has 5 nitrogen and oxygen atoms in total. The fraction of sp³-hybridized carbons (Fsp3) is 0.0909. The largest absolute Gasteiger partial charge is 0.393 e. The summed E-state index contributed by atoms with van der Waals surface area (Å²) in [5, 5.41) is 6.06. The highest BCUT2D eigenvalue weighted by Crippen LogP contribution is 2.29. The molecule has 0 aliphatic carbocycles. The average molecular weight is 294 g/mol. The molecular weight excluding hydrogens is 282 g/mol. The molecular formula is C11H12BrN5. The second-order valence-electron chi connectivity index (χ2n) is 3.34. The standard InChI is InChI=1S/C11H12BrN5/c1-14-10-9(13)11(16-6-15-10)17-8-5-3-2-4-7(8)12/h2-6H,13H2,1H3,(H2,14,15,16,17). The molecule has 0 fully saturated rings. The van der Waals surface area contributed by atoms with Gasteiger partial charge >= 0.3 is 0 Å². The van der Waals surface area contributed by atoms with Crippen molar-refractivity contribution in [3.63, 3.8) is 0 Å². The van der Waals surface area contributed by atoms with Gasteiger partial charge in [-0.1, -0.05) is 12.1 Å². The number of aromatic nitrogens is 2. The van der Waals surface area contributed by atoms with Crippen LogP contribution >= 0.6 is 15.9 Å². The van der Waals surface area contributed by atoms with E-state index in [1.165, 1.54) is 6.33 Å². The van der Waals surface area contributed by atoms with Gasteiger partial charge in [-0.05, 0) is 28.1 Å². The first-order valence-corrected chi connectivity index (χ1v) is 5.81. The first-order chi connectivity index (χ1) is 8.22. The molecule has 0 radical (unpaired) electrons. The normalized spacial score (nSPS) is 10.0. The van der Waals surface area contributed by atoms with E-state index in [4.69, 9.17) is 5.73 Å². The van der Waals surface area contributed by atoms with E-state index < -0.39 is 0 Å².